The second-order valence-electron chi connectivity index (χ2n) is 7.83. The summed E-state index contributed by atoms with van der Waals surface area (Å²) in [5, 5.41) is 4.21. The minimum absolute atomic E-state index is 0.0716. The zero-order chi connectivity index (χ0) is 21.1. The molecule has 0 atom stereocenters. The SMILES string of the molecule is Cc1cccc2c(=O)n(CC(=O)NCC3(c4cccc(Cl)c4)CCOCC3)cnc12. The number of fused-ring (bicyclic) bond motifs is 1. The van der Waals surface area contributed by atoms with Crippen LogP contribution >= 0.6 is 11.6 Å². The number of halogens is 1. The van der Waals surface area contributed by atoms with E-state index in [0.717, 1.165) is 24.0 Å². The van der Waals surface area contributed by atoms with Crippen LogP contribution in [-0.2, 0) is 21.5 Å². The number of hydrogen-bond donors (Lipinski definition) is 1. The number of para-hydroxylation sites is 1. The van der Waals surface area contributed by atoms with Crippen molar-refractivity contribution in [3.05, 3.63) is 75.3 Å². The maximum absolute atomic E-state index is 12.8. The lowest BCUT2D eigenvalue weighted by atomic mass is 9.74. The molecule has 0 bridgehead atoms. The van der Waals surface area contributed by atoms with E-state index in [1.807, 2.05) is 43.3 Å². The Bertz CT molecular complexity index is 1140. The van der Waals surface area contributed by atoms with Crippen molar-refractivity contribution in [1.82, 2.24) is 14.9 Å². The summed E-state index contributed by atoms with van der Waals surface area (Å²) in [7, 11) is 0. The Morgan fingerprint density at radius 2 is 2.00 bits per heavy atom. The van der Waals surface area contributed by atoms with E-state index in [9.17, 15) is 9.59 Å². The van der Waals surface area contributed by atoms with E-state index in [4.69, 9.17) is 16.3 Å². The first kappa shape index (κ1) is 20.6. The summed E-state index contributed by atoms with van der Waals surface area (Å²) in [5.74, 6) is -0.223. The van der Waals surface area contributed by atoms with Crippen LogP contribution in [0, 0.1) is 6.92 Å². The van der Waals surface area contributed by atoms with Gasteiger partial charge in [-0.25, -0.2) is 4.98 Å². The molecule has 3 aromatic rings. The van der Waals surface area contributed by atoms with Crippen molar-refractivity contribution in [1.29, 1.82) is 0 Å². The molecule has 1 aromatic heterocycles. The van der Waals surface area contributed by atoms with E-state index in [2.05, 4.69) is 10.3 Å². The summed E-state index contributed by atoms with van der Waals surface area (Å²) >= 11 is 6.21. The number of benzene rings is 2. The van der Waals surface area contributed by atoms with Crippen LogP contribution in [-0.4, -0.2) is 35.2 Å². The van der Waals surface area contributed by atoms with Gasteiger partial charge in [-0.2, -0.15) is 0 Å². The number of ether oxygens (including phenoxy) is 1. The normalized spacial score (nSPS) is 15.8. The summed E-state index contributed by atoms with van der Waals surface area (Å²) in [5.41, 5.74) is 2.25. The van der Waals surface area contributed by atoms with Gasteiger partial charge in [0.2, 0.25) is 5.91 Å². The van der Waals surface area contributed by atoms with Crippen LogP contribution in [0.5, 0.6) is 0 Å². The van der Waals surface area contributed by atoms with Crippen molar-refractivity contribution in [2.45, 2.75) is 31.7 Å². The van der Waals surface area contributed by atoms with Gasteiger partial charge in [-0.1, -0.05) is 35.9 Å². The first-order valence-electron chi connectivity index (χ1n) is 10.0. The highest BCUT2D eigenvalue weighted by Crippen LogP contribution is 2.35. The lowest BCUT2D eigenvalue weighted by Gasteiger charge is -2.38. The standard InChI is InChI=1S/C23H24ClN3O3/c1-16-4-2-7-19-21(16)26-15-27(22(19)29)13-20(28)25-14-23(8-10-30-11-9-23)17-5-3-6-18(24)12-17/h2-7,12,15H,8-11,13-14H2,1H3,(H,25,28). The monoisotopic (exact) mass is 425 g/mol. The Morgan fingerprint density at radius 3 is 2.77 bits per heavy atom. The fourth-order valence-electron chi connectivity index (χ4n) is 4.08. The highest BCUT2D eigenvalue weighted by Gasteiger charge is 2.35. The molecule has 0 saturated carbocycles. The van der Waals surface area contributed by atoms with Crippen LogP contribution in [0.15, 0.2) is 53.6 Å². The predicted octanol–water partition coefficient (Wildman–Crippen LogP) is 3.22. The molecule has 30 heavy (non-hydrogen) atoms. The Labute approximate surface area is 179 Å². The topological polar surface area (TPSA) is 73.2 Å². The van der Waals surface area contributed by atoms with Crippen LogP contribution in [0.4, 0.5) is 0 Å². The fourth-order valence-corrected chi connectivity index (χ4v) is 4.27. The van der Waals surface area contributed by atoms with Gasteiger partial charge < -0.3 is 10.1 Å². The van der Waals surface area contributed by atoms with Crippen molar-refractivity contribution in [3.8, 4) is 0 Å². The number of nitrogens with one attached hydrogen (secondary N) is 1. The second-order valence-corrected chi connectivity index (χ2v) is 8.26. The van der Waals surface area contributed by atoms with Crippen molar-refractivity contribution in [3.63, 3.8) is 0 Å². The molecule has 0 aliphatic carbocycles. The third-order valence-corrected chi connectivity index (χ3v) is 6.12. The molecule has 0 unspecified atom stereocenters. The van der Waals surface area contributed by atoms with E-state index in [1.165, 1.54) is 10.9 Å². The van der Waals surface area contributed by atoms with Gasteiger partial charge in [0, 0.05) is 30.2 Å². The lowest BCUT2D eigenvalue weighted by Crippen LogP contribution is -2.45. The number of nitrogens with zero attached hydrogens (tertiary/aromatic N) is 2. The van der Waals surface area contributed by atoms with Gasteiger partial charge in [0.05, 0.1) is 17.2 Å². The second kappa shape index (κ2) is 8.58. The van der Waals surface area contributed by atoms with E-state index in [1.54, 1.807) is 6.07 Å². The average molecular weight is 426 g/mol. The van der Waals surface area contributed by atoms with Gasteiger partial charge in [-0.05, 0) is 49.1 Å². The quantitative estimate of drug-likeness (QED) is 0.681. The van der Waals surface area contributed by atoms with Gasteiger partial charge in [-0.3, -0.25) is 14.2 Å². The summed E-state index contributed by atoms with van der Waals surface area (Å²) < 4.78 is 6.90. The largest absolute Gasteiger partial charge is 0.381 e. The van der Waals surface area contributed by atoms with Crippen LogP contribution in [0.25, 0.3) is 10.9 Å². The molecule has 2 heterocycles. The van der Waals surface area contributed by atoms with Crippen LogP contribution in [0.1, 0.15) is 24.0 Å². The molecule has 1 aliphatic rings. The summed E-state index contributed by atoms with van der Waals surface area (Å²) in [6, 6.07) is 13.3. The molecule has 0 spiro atoms. The molecule has 156 valence electrons. The van der Waals surface area contributed by atoms with Gasteiger partial charge in [0.15, 0.2) is 0 Å². The van der Waals surface area contributed by atoms with E-state index < -0.39 is 0 Å². The lowest BCUT2D eigenvalue weighted by molar-refractivity contribution is -0.122. The Balaban J connectivity index is 1.51. The van der Waals surface area contributed by atoms with E-state index in [0.29, 0.717) is 35.7 Å². The minimum Gasteiger partial charge on any atom is -0.381 e. The number of hydrogen-bond acceptors (Lipinski definition) is 4. The van der Waals surface area contributed by atoms with Crippen molar-refractivity contribution >= 4 is 28.4 Å². The van der Waals surface area contributed by atoms with Crippen molar-refractivity contribution in [2.24, 2.45) is 0 Å². The number of aryl methyl sites for hydroxylation is 1. The third kappa shape index (κ3) is 4.11. The number of amides is 1. The molecule has 4 rings (SSSR count). The predicted molar refractivity (Wildman–Crippen MR) is 117 cm³/mol. The van der Waals surface area contributed by atoms with Gasteiger partial charge in [-0.15, -0.1) is 0 Å². The van der Waals surface area contributed by atoms with Gasteiger partial charge in [0.1, 0.15) is 6.54 Å². The van der Waals surface area contributed by atoms with Crippen LogP contribution < -0.4 is 10.9 Å². The van der Waals surface area contributed by atoms with Crippen LogP contribution in [0.3, 0.4) is 0 Å². The summed E-state index contributed by atoms with van der Waals surface area (Å²) in [4.78, 5) is 29.8. The fraction of sp³-hybridized carbons (Fsp3) is 0.348. The maximum atomic E-state index is 12.8. The van der Waals surface area contributed by atoms with Crippen molar-refractivity contribution < 1.29 is 9.53 Å². The first-order valence-corrected chi connectivity index (χ1v) is 10.4. The number of rotatable bonds is 5. The molecule has 1 saturated heterocycles. The Kier molecular flexibility index (Phi) is 5.88. The Hall–Kier alpha value is -2.70. The van der Waals surface area contributed by atoms with Crippen molar-refractivity contribution in [2.75, 3.05) is 19.8 Å². The molecular weight excluding hydrogens is 402 g/mol. The molecule has 1 fully saturated rings. The molecule has 6 nitrogen and oxygen atoms in total. The summed E-state index contributed by atoms with van der Waals surface area (Å²) in [6.07, 6.45) is 3.03. The molecular formula is C23H24ClN3O3. The van der Waals surface area contributed by atoms with Crippen LogP contribution in [0.2, 0.25) is 5.02 Å². The molecule has 0 radical (unpaired) electrons. The molecule has 7 heteroatoms. The summed E-state index contributed by atoms with van der Waals surface area (Å²) in [6.45, 7) is 3.57. The molecule has 1 aliphatic heterocycles. The molecule has 2 aromatic carbocycles. The zero-order valence-corrected chi connectivity index (χ0v) is 17.6. The van der Waals surface area contributed by atoms with Gasteiger partial charge >= 0.3 is 0 Å². The highest BCUT2D eigenvalue weighted by atomic mass is 35.5. The van der Waals surface area contributed by atoms with E-state index in [-0.39, 0.29) is 23.4 Å². The highest BCUT2D eigenvalue weighted by molar-refractivity contribution is 6.30. The maximum Gasteiger partial charge on any atom is 0.261 e. The smallest absolute Gasteiger partial charge is 0.261 e. The minimum atomic E-state index is -0.234. The Morgan fingerprint density at radius 1 is 1.23 bits per heavy atom. The first-order chi connectivity index (χ1) is 14.5. The van der Waals surface area contributed by atoms with E-state index >= 15 is 0 Å². The molecule has 1 amide bonds. The average Bonchev–Trinajstić information content (AvgIpc) is 2.75. The molecule has 1 N–H and O–H groups in total. The zero-order valence-electron chi connectivity index (χ0n) is 16.9. The number of aromatic nitrogens is 2. The number of carbonyl (C=O) groups excluding carboxylic acids is 1. The number of carbonyl (C=O) groups is 1. The van der Waals surface area contributed by atoms with Gasteiger partial charge in [0.25, 0.3) is 5.56 Å². The third-order valence-electron chi connectivity index (χ3n) is 5.88.